The van der Waals surface area contributed by atoms with Crippen LogP contribution in [-0.4, -0.2) is 5.88 Å². The third-order valence-electron chi connectivity index (χ3n) is 4.52. The zero-order valence-corrected chi connectivity index (χ0v) is 15.5. The molecule has 2 aromatic carbocycles. The number of rotatable bonds is 8. The van der Waals surface area contributed by atoms with Crippen molar-refractivity contribution >= 4 is 43.1 Å². The fraction of sp³-hybridized carbons (Fsp3) is 0.381. The third kappa shape index (κ3) is 3.99. The Morgan fingerprint density at radius 2 is 1.50 bits per heavy atom. The van der Waals surface area contributed by atoms with Gasteiger partial charge in [-0.2, -0.15) is 0 Å². The quantitative estimate of drug-likeness (QED) is 0.254. The summed E-state index contributed by atoms with van der Waals surface area (Å²) in [4.78, 5) is 12.9. The van der Waals surface area contributed by atoms with E-state index < -0.39 is 0 Å². The molecule has 1 aromatic heterocycles. The molecule has 3 rings (SSSR count). The first-order valence-electron chi connectivity index (χ1n) is 8.80. The van der Waals surface area contributed by atoms with Gasteiger partial charge in [-0.15, -0.1) is 22.9 Å². The summed E-state index contributed by atoms with van der Waals surface area (Å²) in [5.74, 6) is 0.775. The molecule has 0 unspecified atom stereocenters. The predicted molar refractivity (Wildman–Crippen MR) is 108 cm³/mol. The highest BCUT2D eigenvalue weighted by Gasteiger charge is 2.09. The van der Waals surface area contributed by atoms with E-state index in [0.29, 0.717) is 0 Å². The van der Waals surface area contributed by atoms with Crippen LogP contribution in [0.5, 0.6) is 0 Å². The van der Waals surface area contributed by atoms with E-state index in [1.54, 1.807) is 11.3 Å². The summed E-state index contributed by atoms with van der Waals surface area (Å²) in [6.07, 6.45) is 8.25. The van der Waals surface area contributed by atoms with Crippen LogP contribution in [0, 0.1) is 0 Å². The fourth-order valence-corrected chi connectivity index (χ4v) is 4.56. The lowest BCUT2D eigenvalue weighted by molar-refractivity contribution is 0.609. The number of hydrogen-bond acceptors (Lipinski definition) is 2. The number of benzene rings is 2. The second-order valence-corrected chi connectivity index (χ2v) is 7.74. The van der Waals surface area contributed by atoms with Crippen molar-refractivity contribution < 1.29 is 0 Å². The van der Waals surface area contributed by atoms with Crippen LogP contribution in [0.4, 0.5) is 0 Å². The maximum absolute atomic E-state index is 12.9. The zero-order valence-electron chi connectivity index (χ0n) is 13.9. The standard InChI is InChI=1S/C21H23ClOS/c22-15-8-4-2-1-3-5-10-16-11-9-14-19-20(16)21(23)17-12-6-7-13-18(17)24-19/h6-7,9,11-14H,1-5,8,10,15H2. The van der Waals surface area contributed by atoms with Crippen LogP contribution in [-0.2, 0) is 6.42 Å². The molecule has 0 bridgehead atoms. The number of unbranched alkanes of at least 4 members (excludes halogenated alkanes) is 5. The van der Waals surface area contributed by atoms with Gasteiger partial charge in [0.2, 0.25) is 0 Å². The molecular weight excluding hydrogens is 336 g/mol. The monoisotopic (exact) mass is 358 g/mol. The Kier molecular flexibility index (Phi) is 6.28. The molecule has 0 saturated carbocycles. The molecule has 1 heterocycles. The molecule has 0 spiro atoms. The highest BCUT2D eigenvalue weighted by Crippen LogP contribution is 2.27. The molecule has 126 valence electrons. The molecule has 0 saturated heterocycles. The van der Waals surface area contributed by atoms with Gasteiger partial charge in [-0.3, -0.25) is 4.79 Å². The predicted octanol–water partition coefficient (Wildman–Crippen LogP) is 6.54. The van der Waals surface area contributed by atoms with Gasteiger partial charge in [-0.05, 0) is 43.0 Å². The second-order valence-electron chi connectivity index (χ2n) is 6.28. The smallest absolute Gasteiger partial charge is 0.196 e. The van der Waals surface area contributed by atoms with Crippen molar-refractivity contribution in [2.75, 3.05) is 5.88 Å². The summed E-state index contributed by atoms with van der Waals surface area (Å²) in [5, 5.41) is 1.78. The highest BCUT2D eigenvalue weighted by atomic mass is 35.5. The van der Waals surface area contributed by atoms with Crippen molar-refractivity contribution in [3.05, 3.63) is 58.3 Å². The Balaban J connectivity index is 1.76. The van der Waals surface area contributed by atoms with E-state index in [2.05, 4.69) is 18.2 Å². The van der Waals surface area contributed by atoms with E-state index in [4.69, 9.17) is 11.6 Å². The highest BCUT2D eigenvalue weighted by molar-refractivity contribution is 7.24. The van der Waals surface area contributed by atoms with Crippen molar-refractivity contribution in [2.45, 2.75) is 44.9 Å². The molecule has 0 atom stereocenters. The number of fused-ring (bicyclic) bond motifs is 2. The Bertz CT molecular complexity index is 868. The minimum Gasteiger partial charge on any atom is -0.288 e. The van der Waals surface area contributed by atoms with Crippen molar-refractivity contribution in [2.24, 2.45) is 0 Å². The van der Waals surface area contributed by atoms with Crippen LogP contribution in [0.15, 0.2) is 47.3 Å². The van der Waals surface area contributed by atoms with Crippen LogP contribution in [0.1, 0.15) is 44.1 Å². The molecule has 0 N–H and O–H groups in total. The molecule has 0 aliphatic heterocycles. The summed E-state index contributed by atoms with van der Waals surface area (Å²) in [6.45, 7) is 0. The topological polar surface area (TPSA) is 17.1 Å². The minimum absolute atomic E-state index is 0.192. The lowest BCUT2D eigenvalue weighted by Gasteiger charge is -2.07. The van der Waals surface area contributed by atoms with Gasteiger partial charge >= 0.3 is 0 Å². The number of aryl methyl sites for hydroxylation is 1. The molecule has 0 aliphatic rings. The number of hydrogen-bond donors (Lipinski definition) is 0. The van der Waals surface area contributed by atoms with Crippen molar-refractivity contribution in [1.29, 1.82) is 0 Å². The van der Waals surface area contributed by atoms with Gasteiger partial charge in [-0.1, -0.05) is 49.9 Å². The maximum Gasteiger partial charge on any atom is 0.196 e. The maximum atomic E-state index is 12.9. The molecule has 0 fully saturated rings. The van der Waals surface area contributed by atoms with E-state index in [0.717, 1.165) is 45.3 Å². The third-order valence-corrected chi connectivity index (χ3v) is 5.92. The summed E-state index contributed by atoms with van der Waals surface area (Å²) in [6, 6.07) is 14.2. The summed E-state index contributed by atoms with van der Waals surface area (Å²) >= 11 is 7.42. The Morgan fingerprint density at radius 1 is 0.792 bits per heavy atom. The van der Waals surface area contributed by atoms with Crippen molar-refractivity contribution in [3.8, 4) is 0 Å². The van der Waals surface area contributed by atoms with Crippen LogP contribution >= 0.6 is 22.9 Å². The number of halogens is 1. The van der Waals surface area contributed by atoms with E-state index in [1.165, 1.54) is 31.2 Å². The summed E-state index contributed by atoms with van der Waals surface area (Å²) in [5.41, 5.74) is 1.40. The average Bonchev–Trinajstić information content (AvgIpc) is 2.61. The van der Waals surface area contributed by atoms with Gasteiger partial charge in [0, 0.05) is 26.1 Å². The molecule has 3 heteroatoms. The van der Waals surface area contributed by atoms with Crippen molar-refractivity contribution in [3.63, 3.8) is 0 Å². The van der Waals surface area contributed by atoms with Gasteiger partial charge in [0.05, 0.1) is 0 Å². The Labute approximate surface area is 152 Å². The van der Waals surface area contributed by atoms with Gasteiger partial charge in [0.1, 0.15) is 0 Å². The molecule has 0 radical (unpaired) electrons. The van der Waals surface area contributed by atoms with Crippen LogP contribution < -0.4 is 5.43 Å². The Morgan fingerprint density at radius 3 is 2.33 bits per heavy atom. The first kappa shape index (κ1) is 17.4. The van der Waals surface area contributed by atoms with Crippen LogP contribution in [0.2, 0.25) is 0 Å². The normalized spacial score (nSPS) is 11.4. The van der Waals surface area contributed by atoms with E-state index in [9.17, 15) is 4.79 Å². The molecule has 1 nitrogen and oxygen atoms in total. The fourth-order valence-electron chi connectivity index (χ4n) is 3.24. The van der Waals surface area contributed by atoms with Gasteiger partial charge in [-0.25, -0.2) is 0 Å². The first-order valence-corrected chi connectivity index (χ1v) is 10.2. The lowest BCUT2D eigenvalue weighted by atomic mass is 10.0. The van der Waals surface area contributed by atoms with Crippen LogP contribution in [0.25, 0.3) is 20.2 Å². The second kappa shape index (κ2) is 8.64. The van der Waals surface area contributed by atoms with E-state index in [-0.39, 0.29) is 5.43 Å². The molecule has 0 amide bonds. The molecule has 0 aliphatic carbocycles. The SMILES string of the molecule is O=c1c2ccccc2sc2cccc(CCCCCCCCCl)c12. The summed E-state index contributed by atoms with van der Waals surface area (Å²) in [7, 11) is 0. The molecule has 3 aromatic rings. The zero-order chi connectivity index (χ0) is 16.8. The lowest BCUT2D eigenvalue weighted by Crippen LogP contribution is -2.04. The van der Waals surface area contributed by atoms with Gasteiger partial charge in [0.15, 0.2) is 5.43 Å². The first-order chi connectivity index (χ1) is 11.8. The van der Waals surface area contributed by atoms with Crippen LogP contribution in [0.3, 0.4) is 0 Å². The number of alkyl halides is 1. The van der Waals surface area contributed by atoms with Gasteiger partial charge < -0.3 is 0 Å². The average molecular weight is 359 g/mol. The minimum atomic E-state index is 0.192. The molecule has 24 heavy (non-hydrogen) atoms. The largest absolute Gasteiger partial charge is 0.288 e. The van der Waals surface area contributed by atoms with Gasteiger partial charge in [0.25, 0.3) is 0 Å². The van der Waals surface area contributed by atoms with E-state index in [1.807, 2.05) is 24.3 Å². The Hall–Kier alpha value is -1.38. The molecular formula is C21H23ClOS. The summed E-state index contributed by atoms with van der Waals surface area (Å²) < 4.78 is 2.18. The van der Waals surface area contributed by atoms with E-state index >= 15 is 0 Å². The van der Waals surface area contributed by atoms with Crippen molar-refractivity contribution in [1.82, 2.24) is 0 Å².